The third-order valence-corrected chi connectivity index (χ3v) is 11.7. The number of hydrogen-bond acceptors (Lipinski definition) is 3. The van der Waals surface area contributed by atoms with E-state index in [2.05, 4.69) is 53.1 Å². The van der Waals surface area contributed by atoms with Crippen molar-refractivity contribution in [1.82, 2.24) is 0 Å². The molecule has 3 saturated carbocycles. The van der Waals surface area contributed by atoms with E-state index in [-0.39, 0.29) is 11.5 Å². The monoisotopic (exact) mass is 476 g/mol. The van der Waals surface area contributed by atoms with E-state index in [1.54, 1.807) is 0 Å². The van der Waals surface area contributed by atoms with Gasteiger partial charge in [0.2, 0.25) is 0 Å². The van der Waals surface area contributed by atoms with Gasteiger partial charge in [0.05, 0.1) is 12.7 Å². The van der Waals surface area contributed by atoms with Gasteiger partial charge in [-0.1, -0.05) is 19.4 Å². The van der Waals surface area contributed by atoms with Crippen LogP contribution in [0.3, 0.4) is 0 Å². The van der Waals surface area contributed by atoms with Gasteiger partial charge in [-0.25, -0.2) is 0 Å². The molecule has 3 nitrogen and oxygen atoms in total. The zero-order chi connectivity index (χ0) is 23.5. The number of carbonyl (C=O) groups excluding carboxylic acids is 1. The summed E-state index contributed by atoms with van der Waals surface area (Å²) in [6.45, 7) is 19.8. The van der Waals surface area contributed by atoms with Gasteiger partial charge in [0.25, 0.3) is 0 Å². The van der Waals surface area contributed by atoms with Crippen molar-refractivity contribution in [2.45, 2.75) is 111 Å². The van der Waals surface area contributed by atoms with Crippen LogP contribution in [0.2, 0.25) is 39.3 Å². The summed E-state index contributed by atoms with van der Waals surface area (Å²) in [6.07, 6.45) is 11.9. The molecule has 182 valence electrons. The minimum absolute atomic E-state index is 0.252. The van der Waals surface area contributed by atoms with Gasteiger partial charge in [0.1, 0.15) is 0 Å². The van der Waals surface area contributed by atoms with Crippen LogP contribution in [-0.4, -0.2) is 35.1 Å². The van der Waals surface area contributed by atoms with Crippen LogP contribution in [0.1, 0.15) is 65.2 Å². The maximum Gasteiger partial charge on any atom is 0.184 e. The van der Waals surface area contributed by atoms with Crippen LogP contribution in [0.25, 0.3) is 0 Å². The molecule has 0 aliphatic heterocycles. The predicted molar refractivity (Wildman–Crippen MR) is 138 cm³/mol. The lowest BCUT2D eigenvalue weighted by atomic mass is 9.46. The highest BCUT2D eigenvalue weighted by Gasteiger charge is 2.60. The van der Waals surface area contributed by atoms with Crippen LogP contribution in [0.4, 0.5) is 0 Å². The van der Waals surface area contributed by atoms with E-state index >= 15 is 0 Å². The van der Waals surface area contributed by atoms with Gasteiger partial charge < -0.3 is 8.85 Å². The molecule has 5 heteroatoms. The van der Waals surface area contributed by atoms with Crippen LogP contribution in [-0.2, 0) is 13.6 Å². The highest BCUT2D eigenvalue weighted by atomic mass is 28.4. The van der Waals surface area contributed by atoms with E-state index in [0.29, 0.717) is 17.1 Å². The van der Waals surface area contributed by atoms with Crippen LogP contribution < -0.4 is 0 Å². The number of carbonyl (C=O) groups is 1. The second-order valence-corrected chi connectivity index (χ2v) is 22.9. The SMILES string of the molecule is C[C@]12CCC(=O)C=C1CCC1C2CC[C@@]2(C)C1CC[C@@H]2[C@H](CO[Si](C)(C)C)O[Si](C)(C)C. The molecule has 32 heavy (non-hydrogen) atoms. The van der Waals surface area contributed by atoms with Gasteiger partial charge in [-0.3, -0.25) is 4.79 Å². The Kier molecular flexibility index (Phi) is 6.57. The summed E-state index contributed by atoms with van der Waals surface area (Å²) in [7, 11) is -3.23. The van der Waals surface area contributed by atoms with Crippen molar-refractivity contribution in [1.29, 1.82) is 0 Å². The summed E-state index contributed by atoms with van der Waals surface area (Å²) in [5.41, 5.74) is 2.12. The molecule has 0 aromatic carbocycles. The molecule has 4 aliphatic carbocycles. The lowest BCUT2D eigenvalue weighted by molar-refractivity contribution is -0.118. The predicted octanol–water partition coefficient (Wildman–Crippen LogP) is 7.21. The molecular weight excluding hydrogens is 428 g/mol. The summed E-state index contributed by atoms with van der Waals surface area (Å²) in [4.78, 5) is 12.1. The summed E-state index contributed by atoms with van der Waals surface area (Å²) in [6, 6.07) is 0. The molecule has 0 saturated heterocycles. The smallest absolute Gasteiger partial charge is 0.184 e. The average Bonchev–Trinajstić information content (AvgIpc) is 3.01. The summed E-state index contributed by atoms with van der Waals surface area (Å²) < 4.78 is 13.3. The Bertz CT molecular complexity index is 764. The molecule has 0 heterocycles. The molecule has 0 bridgehead atoms. The maximum atomic E-state index is 12.1. The Balaban J connectivity index is 1.57. The second-order valence-electron chi connectivity index (χ2n) is 13.9. The summed E-state index contributed by atoms with van der Waals surface area (Å²) in [5, 5.41) is 0. The Morgan fingerprint density at radius 2 is 1.66 bits per heavy atom. The molecule has 0 aromatic heterocycles. The van der Waals surface area contributed by atoms with Crippen molar-refractivity contribution in [2.75, 3.05) is 6.61 Å². The number of allylic oxidation sites excluding steroid dienone is 1. The van der Waals surface area contributed by atoms with E-state index in [9.17, 15) is 4.79 Å². The molecule has 7 atom stereocenters. The minimum Gasteiger partial charge on any atom is -0.415 e. The van der Waals surface area contributed by atoms with Crippen molar-refractivity contribution >= 4 is 22.4 Å². The van der Waals surface area contributed by atoms with E-state index in [1.807, 2.05) is 6.08 Å². The van der Waals surface area contributed by atoms with Gasteiger partial charge in [-0.05, 0) is 125 Å². The first-order valence-corrected chi connectivity index (χ1v) is 20.1. The van der Waals surface area contributed by atoms with Crippen molar-refractivity contribution in [3.05, 3.63) is 11.6 Å². The van der Waals surface area contributed by atoms with E-state index < -0.39 is 16.6 Å². The fraction of sp³-hybridized carbons (Fsp3) is 0.889. The number of rotatable bonds is 6. The summed E-state index contributed by atoms with van der Waals surface area (Å²) >= 11 is 0. The first-order chi connectivity index (χ1) is 14.7. The molecule has 0 spiro atoms. The fourth-order valence-electron chi connectivity index (χ4n) is 8.23. The van der Waals surface area contributed by atoms with Gasteiger partial charge in [-0.15, -0.1) is 0 Å². The molecule has 3 unspecified atom stereocenters. The Hall–Kier alpha value is -0.236. The van der Waals surface area contributed by atoms with Gasteiger partial charge in [-0.2, -0.15) is 0 Å². The Morgan fingerprint density at radius 3 is 2.31 bits per heavy atom. The molecule has 0 radical (unpaired) electrons. The highest BCUT2D eigenvalue weighted by molar-refractivity contribution is 6.70. The van der Waals surface area contributed by atoms with E-state index in [1.165, 1.54) is 37.7 Å². The van der Waals surface area contributed by atoms with Crippen molar-refractivity contribution in [3.8, 4) is 0 Å². The Labute approximate surface area is 199 Å². The molecule has 0 amide bonds. The topological polar surface area (TPSA) is 35.5 Å². The fourth-order valence-corrected chi connectivity index (χ4v) is 10.0. The average molecular weight is 477 g/mol. The molecule has 4 aliphatic rings. The standard InChI is InChI=1S/C27H48O3Si2/c1-26-15-13-20(28)17-19(26)9-10-21-22-11-12-24(27(22,2)16-14-23(21)26)25(30-32(6,7)8)18-29-31(3,4)5/h17,21-25H,9-16,18H2,1-8H3/t21?,22?,23?,24-,25+,26+,27+/m1/s1. The third kappa shape index (κ3) is 4.65. The lowest BCUT2D eigenvalue weighted by Gasteiger charge is -2.58. The number of hydrogen-bond donors (Lipinski definition) is 0. The normalized spacial score (nSPS) is 40.9. The van der Waals surface area contributed by atoms with Crippen LogP contribution >= 0.6 is 0 Å². The molecule has 3 fully saturated rings. The Morgan fingerprint density at radius 1 is 0.938 bits per heavy atom. The number of fused-ring (bicyclic) bond motifs is 5. The van der Waals surface area contributed by atoms with E-state index in [0.717, 1.165) is 43.6 Å². The largest absolute Gasteiger partial charge is 0.415 e. The van der Waals surface area contributed by atoms with Gasteiger partial charge in [0.15, 0.2) is 22.4 Å². The first-order valence-electron chi connectivity index (χ1n) is 13.3. The quantitative estimate of drug-likeness (QED) is 0.380. The molecular formula is C27H48O3Si2. The highest BCUT2D eigenvalue weighted by Crippen LogP contribution is 2.67. The zero-order valence-electron chi connectivity index (χ0n) is 22.1. The first kappa shape index (κ1) is 24.9. The zero-order valence-corrected chi connectivity index (χ0v) is 24.1. The molecule has 4 rings (SSSR count). The minimum atomic E-state index is -1.65. The van der Waals surface area contributed by atoms with Crippen molar-refractivity contribution in [2.24, 2.45) is 34.5 Å². The van der Waals surface area contributed by atoms with Crippen LogP contribution in [0.5, 0.6) is 0 Å². The lowest BCUT2D eigenvalue weighted by Crippen LogP contribution is -2.53. The van der Waals surface area contributed by atoms with Crippen molar-refractivity contribution < 1.29 is 13.6 Å². The van der Waals surface area contributed by atoms with E-state index in [4.69, 9.17) is 8.85 Å². The van der Waals surface area contributed by atoms with Gasteiger partial charge in [0, 0.05) is 6.42 Å². The second kappa shape index (κ2) is 8.46. The van der Waals surface area contributed by atoms with Gasteiger partial charge >= 0.3 is 0 Å². The molecule has 0 aromatic rings. The number of ketones is 1. The molecule has 0 N–H and O–H groups in total. The summed E-state index contributed by atoms with van der Waals surface area (Å²) in [5.74, 6) is 3.38. The van der Waals surface area contributed by atoms with Crippen molar-refractivity contribution in [3.63, 3.8) is 0 Å². The third-order valence-electron chi connectivity index (χ3n) is 9.67. The van der Waals surface area contributed by atoms with Crippen LogP contribution in [0.15, 0.2) is 11.6 Å². The maximum absolute atomic E-state index is 12.1. The van der Waals surface area contributed by atoms with Crippen LogP contribution in [0, 0.1) is 34.5 Å².